The Kier molecular flexibility index (Phi) is 5.72. The van der Waals surface area contributed by atoms with Crippen molar-refractivity contribution in [3.63, 3.8) is 0 Å². The highest BCUT2D eigenvalue weighted by Gasteiger charge is 2.51. The number of fused-ring (bicyclic) bond motifs is 3. The number of ether oxygens (including phenoxy) is 1. The molecule has 3 fully saturated rings. The van der Waals surface area contributed by atoms with E-state index in [1.807, 2.05) is 30.3 Å². The maximum absolute atomic E-state index is 11.0. The first-order valence-electron chi connectivity index (χ1n) is 9.18. The van der Waals surface area contributed by atoms with E-state index in [9.17, 15) is 5.11 Å². The minimum Gasteiger partial charge on any atom is -0.492 e. The molecule has 0 radical (unpaired) electrons. The van der Waals surface area contributed by atoms with Crippen LogP contribution in [0.15, 0.2) is 41.4 Å². The van der Waals surface area contributed by atoms with Crippen molar-refractivity contribution < 1.29 is 14.4 Å². The van der Waals surface area contributed by atoms with E-state index in [0.717, 1.165) is 37.9 Å². The average Bonchev–Trinajstić information content (AvgIpc) is 3.10. The summed E-state index contributed by atoms with van der Waals surface area (Å²) in [5.41, 5.74) is 0.579. The molecule has 7 heteroatoms. The predicted molar refractivity (Wildman–Crippen MR) is 108 cm³/mol. The smallest absolute Gasteiger partial charge is 0.261 e. The SMILES string of the molecule is B.C=CCC1C(O)C2(COc3ccccc3-c3nc(C)no3)CCN1CC2. The Hall–Kier alpha value is -2.12. The second-order valence-electron chi connectivity index (χ2n) is 7.37. The van der Waals surface area contributed by atoms with Gasteiger partial charge in [-0.3, -0.25) is 4.90 Å². The molecule has 1 aromatic carbocycles. The number of benzene rings is 1. The monoisotopic (exact) mass is 369 g/mol. The van der Waals surface area contributed by atoms with Crippen LogP contribution >= 0.6 is 0 Å². The largest absolute Gasteiger partial charge is 0.492 e. The van der Waals surface area contributed by atoms with Crippen molar-refractivity contribution >= 4 is 8.41 Å². The Morgan fingerprint density at radius 1 is 1.37 bits per heavy atom. The zero-order valence-corrected chi connectivity index (χ0v) is 15.1. The van der Waals surface area contributed by atoms with Crippen LogP contribution in [0, 0.1) is 12.3 Å². The van der Waals surface area contributed by atoms with Crippen molar-refractivity contribution in [2.75, 3.05) is 19.7 Å². The van der Waals surface area contributed by atoms with Gasteiger partial charge in [-0.15, -0.1) is 6.58 Å². The second kappa shape index (κ2) is 7.86. The highest BCUT2D eigenvalue weighted by Crippen LogP contribution is 2.45. The van der Waals surface area contributed by atoms with E-state index >= 15 is 0 Å². The van der Waals surface area contributed by atoms with Crippen molar-refractivity contribution in [2.24, 2.45) is 5.41 Å². The fourth-order valence-electron chi connectivity index (χ4n) is 4.28. The zero-order valence-electron chi connectivity index (χ0n) is 15.1. The molecular weight excluding hydrogens is 341 g/mol. The summed E-state index contributed by atoms with van der Waals surface area (Å²) in [6, 6.07) is 7.83. The van der Waals surface area contributed by atoms with E-state index < -0.39 is 6.10 Å². The van der Waals surface area contributed by atoms with Crippen LogP contribution in [0.25, 0.3) is 11.5 Å². The molecule has 2 unspecified atom stereocenters. The van der Waals surface area contributed by atoms with Crippen molar-refractivity contribution in [1.29, 1.82) is 0 Å². The number of hydrogen-bond acceptors (Lipinski definition) is 6. The van der Waals surface area contributed by atoms with Gasteiger partial charge in [0.15, 0.2) is 5.82 Å². The molecule has 2 bridgehead atoms. The number of aromatic nitrogens is 2. The van der Waals surface area contributed by atoms with Crippen LogP contribution < -0.4 is 4.74 Å². The second-order valence-corrected chi connectivity index (χ2v) is 7.37. The Morgan fingerprint density at radius 3 is 2.78 bits per heavy atom. The van der Waals surface area contributed by atoms with Crippen LogP contribution in [0.4, 0.5) is 0 Å². The molecule has 144 valence electrons. The number of rotatable bonds is 6. The van der Waals surface area contributed by atoms with Crippen LogP contribution in [0.1, 0.15) is 25.1 Å². The number of hydrogen-bond donors (Lipinski definition) is 1. The van der Waals surface area contributed by atoms with E-state index in [-0.39, 0.29) is 19.9 Å². The van der Waals surface area contributed by atoms with E-state index in [1.54, 1.807) is 6.92 Å². The third kappa shape index (κ3) is 3.54. The molecule has 27 heavy (non-hydrogen) atoms. The standard InChI is InChI=1S/C20H25N3O3.BH3/c1-3-6-16-18(24)20(9-11-23(16)12-10-20)13-25-17-8-5-4-7-15(17)19-21-14(2)22-26-19;/h3-5,7-8,16,18,24H,1,6,9-13H2,2H3;1H3. The lowest BCUT2D eigenvalue weighted by Gasteiger charge is -2.55. The van der Waals surface area contributed by atoms with Gasteiger partial charge < -0.3 is 14.4 Å². The molecule has 3 aliphatic heterocycles. The fourth-order valence-corrected chi connectivity index (χ4v) is 4.28. The van der Waals surface area contributed by atoms with Crippen LogP contribution in [-0.2, 0) is 0 Å². The number of aliphatic hydroxyl groups excluding tert-OH is 1. The predicted octanol–water partition coefficient (Wildman–Crippen LogP) is 1.64. The molecule has 5 rings (SSSR count). The minimum absolute atomic E-state index is 0. The Balaban J connectivity index is 0.00000210. The van der Waals surface area contributed by atoms with Gasteiger partial charge in [-0.1, -0.05) is 23.4 Å². The molecule has 1 aromatic heterocycles. The highest BCUT2D eigenvalue weighted by atomic mass is 16.5. The number of nitrogens with zero attached hydrogens (tertiary/aromatic N) is 3. The van der Waals surface area contributed by atoms with Crippen molar-refractivity contribution in [2.45, 2.75) is 38.3 Å². The summed E-state index contributed by atoms with van der Waals surface area (Å²) in [6.07, 6.45) is 4.20. The summed E-state index contributed by atoms with van der Waals surface area (Å²) in [7, 11) is 0. The van der Waals surface area contributed by atoms with Crippen LogP contribution in [0.5, 0.6) is 5.75 Å². The quantitative estimate of drug-likeness (QED) is 0.617. The molecular formula is C20H28BN3O3. The average molecular weight is 369 g/mol. The Labute approximate surface area is 161 Å². The van der Waals surface area contributed by atoms with Gasteiger partial charge in [-0.25, -0.2) is 0 Å². The molecule has 0 saturated carbocycles. The first-order valence-corrected chi connectivity index (χ1v) is 9.18. The molecule has 6 nitrogen and oxygen atoms in total. The topological polar surface area (TPSA) is 71.6 Å². The van der Waals surface area contributed by atoms with Gasteiger partial charge in [0.25, 0.3) is 5.89 Å². The Morgan fingerprint density at radius 2 is 2.11 bits per heavy atom. The van der Waals surface area contributed by atoms with Crippen LogP contribution in [0.3, 0.4) is 0 Å². The van der Waals surface area contributed by atoms with E-state index in [4.69, 9.17) is 9.26 Å². The molecule has 4 heterocycles. The first-order chi connectivity index (χ1) is 12.6. The van der Waals surface area contributed by atoms with Gasteiger partial charge in [0.2, 0.25) is 0 Å². The van der Waals surface area contributed by atoms with Gasteiger partial charge >= 0.3 is 0 Å². The molecule has 0 spiro atoms. The van der Waals surface area contributed by atoms with Crippen LogP contribution in [0.2, 0.25) is 0 Å². The molecule has 3 saturated heterocycles. The number of aliphatic hydroxyl groups is 1. The molecule has 0 amide bonds. The fraction of sp³-hybridized carbons (Fsp3) is 0.500. The minimum atomic E-state index is -0.402. The van der Waals surface area contributed by atoms with Crippen molar-refractivity contribution in [3.05, 3.63) is 42.7 Å². The van der Waals surface area contributed by atoms with Gasteiger partial charge in [0.05, 0.1) is 26.7 Å². The van der Waals surface area contributed by atoms with E-state index in [1.165, 1.54) is 0 Å². The number of aryl methyl sites for hydroxylation is 1. The molecule has 1 N–H and O–H groups in total. The number of para-hydroxylation sites is 1. The lowest BCUT2D eigenvalue weighted by Crippen LogP contribution is -2.64. The van der Waals surface area contributed by atoms with Gasteiger partial charge in [-0.2, -0.15) is 4.98 Å². The summed E-state index contributed by atoms with van der Waals surface area (Å²) < 4.78 is 11.5. The van der Waals surface area contributed by atoms with Crippen molar-refractivity contribution in [3.8, 4) is 17.2 Å². The molecule has 2 aromatic rings. The van der Waals surface area contributed by atoms with Gasteiger partial charge in [0, 0.05) is 11.5 Å². The summed E-state index contributed by atoms with van der Waals surface area (Å²) in [5, 5.41) is 14.9. The first kappa shape index (κ1) is 19.6. The lowest BCUT2D eigenvalue weighted by molar-refractivity contribution is -0.146. The zero-order chi connectivity index (χ0) is 18.1. The molecule has 0 aliphatic carbocycles. The lowest BCUT2D eigenvalue weighted by atomic mass is 9.66. The normalized spacial score (nSPS) is 29.2. The summed E-state index contributed by atoms with van der Waals surface area (Å²) in [4.78, 5) is 6.69. The summed E-state index contributed by atoms with van der Waals surface area (Å²) in [5.74, 6) is 1.76. The maximum Gasteiger partial charge on any atom is 0.261 e. The molecule has 3 aliphatic rings. The maximum atomic E-state index is 11.0. The molecule has 2 atom stereocenters. The summed E-state index contributed by atoms with van der Waals surface area (Å²) >= 11 is 0. The summed E-state index contributed by atoms with van der Waals surface area (Å²) in [6.45, 7) is 8.13. The third-order valence-corrected chi connectivity index (χ3v) is 5.82. The van der Waals surface area contributed by atoms with Crippen molar-refractivity contribution in [1.82, 2.24) is 15.0 Å². The third-order valence-electron chi connectivity index (χ3n) is 5.82. The van der Waals surface area contributed by atoms with Gasteiger partial charge in [-0.05, 0) is 51.4 Å². The van der Waals surface area contributed by atoms with E-state index in [2.05, 4.69) is 21.6 Å². The Bertz CT molecular complexity index is 786. The van der Waals surface area contributed by atoms with Gasteiger partial charge in [0.1, 0.15) is 5.75 Å². The van der Waals surface area contributed by atoms with Crippen LogP contribution in [-0.4, -0.2) is 60.4 Å². The highest BCUT2D eigenvalue weighted by molar-refractivity contribution is 5.75. The van der Waals surface area contributed by atoms with E-state index in [0.29, 0.717) is 24.1 Å². The number of piperidine rings is 3.